The first-order valence-electron chi connectivity index (χ1n) is 12.7. The largest absolute Gasteiger partial charge is 0.352 e. The first-order valence-corrected chi connectivity index (χ1v) is 14.5. The van der Waals surface area contributed by atoms with E-state index in [-0.39, 0.29) is 18.5 Å². The highest BCUT2D eigenvalue weighted by molar-refractivity contribution is 7.92. The van der Waals surface area contributed by atoms with E-state index in [1.54, 1.807) is 0 Å². The van der Waals surface area contributed by atoms with Crippen molar-refractivity contribution in [3.05, 3.63) is 101 Å². The maximum atomic E-state index is 14.1. The number of rotatable bonds is 11. The molecule has 2 amide bonds. The first kappa shape index (κ1) is 28.9. The minimum Gasteiger partial charge on any atom is -0.352 e. The number of nitrogens with one attached hydrogen (secondary N) is 1. The summed E-state index contributed by atoms with van der Waals surface area (Å²) >= 11 is 0. The molecule has 1 N–H and O–H groups in total. The van der Waals surface area contributed by atoms with Crippen molar-refractivity contribution in [1.29, 1.82) is 0 Å². The van der Waals surface area contributed by atoms with Crippen LogP contribution < -0.4 is 9.62 Å². The Hall–Kier alpha value is -3.65. The number of aryl methyl sites for hydroxylation is 2. The van der Waals surface area contributed by atoms with Gasteiger partial charge in [0.25, 0.3) is 0 Å². The highest BCUT2D eigenvalue weighted by atomic mass is 32.2. The Morgan fingerprint density at radius 1 is 0.816 bits per heavy atom. The number of carbonyl (C=O) groups excluding carboxylic acids is 2. The summed E-state index contributed by atoms with van der Waals surface area (Å²) in [5, 5.41) is 2.95. The van der Waals surface area contributed by atoms with E-state index in [0.29, 0.717) is 12.1 Å². The number of hydrogen-bond donors (Lipinski definition) is 1. The number of para-hydroxylation sites is 1. The molecule has 7 nitrogen and oxygen atoms in total. The lowest BCUT2D eigenvalue weighted by Gasteiger charge is -2.34. The van der Waals surface area contributed by atoms with E-state index in [0.717, 1.165) is 32.8 Å². The van der Waals surface area contributed by atoms with Crippen molar-refractivity contribution in [3.8, 4) is 0 Å². The minimum atomic E-state index is -3.80. The molecular weight excluding hydrogens is 498 g/mol. The van der Waals surface area contributed by atoms with Crippen molar-refractivity contribution in [2.24, 2.45) is 0 Å². The van der Waals surface area contributed by atoms with Crippen LogP contribution in [0.3, 0.4) is 0 Å². The lowest BCUT2D eigenvalue weighted by Crippen LogP contribution is -2.54. The van der Waals surface area contributed by atoms with Crippen LogP contribution in [0.4, 0.5) is 5.69 Å². The summed E-state index contributed by atoms with van der Waals surface area (Å²) in [4.78, 5) is 29.1. The SMILES string of the molecule is Cc1cccc(C)c1N(CC(=O)N(Cc1ccccc1)[C@H](Cc1ccccc1)C(=O)NC(C)C)S(C)(=O)=O. The van der Waals surface area contributed by atoms with Crippen LogP contribution in [0.15, 0.2) is 78.9 Å². The third-order valence-electron chi connectivity index (χ3n) is 6.27. The van der Waals surface area contributed by atoms with Gasteiger partial charge < -0.3 is 10.2 Å². The molecule has 0 heterocycles. The third kappa shape index (κ3) is 7.68. The van der Waals surface area contributed by atoms with Crippen LogP contribution >= 0.6 is 0 Å². The summed E-state index contributed by atoms with van der Waals surface area (Å²) < 4.78 is 27.1. The first-order chi connectivity index (χ1) is 18.0. The molecule has 3 rings (SSSR count). The van der Waals surface area contributed by atoms with Gasteiger partial charge in [0.2, 0.25) is 21.8 Å². The highest BCUT2D eigenvalue weighted by Gasteiger charge is 2.33. The zero-order valence-corrected chi connectivity index (χ0v) is 23.5. The predicted molar refractivity (Wildman–Crippen MR) is 152 cm³/mol. The molecule has 3 aromatic carbocycles. The molecule has 0 saturated heterocycles. The van der Waals surface area contributed by atoms with Crippen LogP contribution in [0.5, 0.6) is 0 Å². The molecule has 0 aliphatic heterocycles. The zero-order chi connectivity index (χ0) is 27.9. The van der Waals surface area contributed by atoms with Gasteiger partial charge in [-0.1, -0.05) is 78.9 Å². The Kier molecular flexibility index (Phi) is 9.69. The van der Waals surface area contributed by atoms with Crippen LogP contribution in [0, 0.1) is 13.8 Å². The van der Waals surface area contributed by atoms with Crippen molar-refractivity contribution in [2.45, 2.75) is 52.7 Å². The molecule has 3 aromatic rings. The fourth-order valence-electron chi connectivity index (χ4n) is 4.49. The topological polar surface area (TPSA) is 86.8 Å². The summed E-state index contributed by atoms with van der Waals surface area (Å²) in [6, 6.07) is 23.4. The van der Waals surface area contributed by atoms with Crippen molar-refractivity contribution in [3.63, 3.8) is 0 Å². The average Bonchev–Trinajstić information content (AvgIpc) is 2.85. The summed E-state index contributed by atoms with van der Waals surface area (Å²) in [5.41, 5.74) is 3.72. The molecule has 202 valence electrons. The van der Waals surface area contributed by atoms with Gasteiger partial charge in [-0.2, -0.15) is 0 Å². The van der Waals surface area contributed by atoms with Crippen molar-refractivity contribution in [1.82, 2.24) is 10.2 Å². The maximum absolute atomic E-state index is 14.1. The van der Waals surface area contributed by atoms with Gasteiger partial charge in [-0.15, -0.1) is 0 Å². The zero-order valence-electron chi connectivity index (χ0n) is 22.7. The van der Waals surface area contributed by atoms with Gasteiger partial charge in [0.1, 0.15) is 12.6 Å². The number of benzene rings is 3. The fraction of sp³-hybridized carbons (Fsp3) is 0.333. The molecule has 0 radical (unpaired) electrons. The van der Waals surface area contributed by atoms with Gasteiger partial charge in [0.15, 0.2) is 0 Å². The second kappa shape index (κ2) is 12.7. The van der Waals surface area contributed by atoms with Crippen LogP contribution in [0.1, 0.15) is 36.1 Å². The molecular formula is C30H37N3O4S. The van der Waals surface area contributed by atoms with Gasteiger partial charge in [0.05, 0.1) is 11.9 Å². The van der Waals surface area contributed by atoms with Crippen molar-refractivity contribution >= 4 is 27.5 Å². The van der Waals surface area contributed by atoms with Crippen LogP contribution in [-0.4, -0.2) is 50.0 Å². The van der Waals surface area contributed by atoms with E-state index < -0.39 is 28.5 Å². The Balaban J connectivity index is 2.07. The van der Waals surface area contributed by atoms with E-state index in [9.17, 15) is 18.0 Å². The van der Waals surface area contributed by atoms with Crippen LogP contribution in [0.25, 0.3) is 0 Å². The molecule has 1 atom stereocenters. The molecule has 0 aliphatic rings. The standard InChI is InChI=1S/C30H37N3O4S/c1-22(2)31-30(35)27(19-25-15-8-6-9-16-25)32(20-26-17-10-7-11-18-26)28(34)21-33(38(5,36)37)29-23(3)13-12-14-24(29)4/h6-18,22,27H,19-21H2,1-5H3,(H,31,35)/t27-/m1/s1. The quantitative estimate of drug-likeness (QED) is 0.398. The summed E-state index contributed by atoms with van der Waals surface area (Å²) in [6.07, 6.45) is 1.39. The maximum Gasteiger partial charge on any atom is 0.244 e. The molecule has 0 saturated carbocycles. The molecule has 0 aliphatic carbocycles. The number of hydrogen-bond acceptors (Lipinski definition) is 4. The molecule has 0 aromatic heterocycles. The number of anilines is 1. The molecule has 8 heteroatoms. The highest BCUT2D eigenvalue weighted by Crippen LogP contribution is 2.27. The summed E-state index contributed by atoms with van der Waals surface area (Å²) in [6.45, 7) is 7.12. The van der Waals surface area contributed by atoms with Gasteiger partial charge in [-0.25, -0.2) is 8.42 Å². The normalized spacial score (nSPS) is 12.2. The van der Waals surface area contributed by atoms with Gasteiger partial charge in [-0.05, 0) is 49.9 Å². The molecule has 0 unspecified atom stereocenters. The lowest BCUT2D eigenvalue weighted by molar-refractivity contribution is -0.140. The number of carbonyl (C=O) groups is 2. The molecule has 0 bridgehead atoms. The van der Waals surface area contributed by atoms with Crippen LogP contribution in [-0.2, 0) is 32.6 Å². The summed E-state index contributed by atoms with van der Waals surface area (Å²) in [5.74, 6) is -0.743. The van der Waals surface area contributed by atoms with E-state index >= 15 is 0 Å². The summed E-state index contributed by atoms with van der Waals surface area (Å²) in [7, 11) is -3.80. The minimum absolute atomic E-state index is 0.128. The molecule has 0 spiro atoms. The van der Waals surface area contributed by atoms with Gasteiger partial charge >= 0.3 is 0 Å². The van der Waals surface area contributed by atoms with Crippen LogP contribution in [0.2, 0.25) is 0 Å². The number of nitrogens with zero attached hydrogens (tertiary/aromatic N) is 2. The molecule has 38 heavy (non-hydrogen) atoms. The van der Waals surface area contributed by atoms with Crippen molar-refractivity contribution < 1.29 is 18.0 Å². The van der Waals surface area contributed by atoms with E-state index in [4.69, 9.17) is 0 Å². The third-order valence-corrected chi connectivity index (χ3v) is 7.38. The predicted octanol–water partition coefficient (Wildman–Crippen LogP) is 4.23. The average molecular weight is 536 g/mol. The van der Waals surface area contributed by atoms with E-state index in [2.05, 4.69) is 5.32 Å². The van der Waals surface area contributed by atoms with Gasteiger partial charge in [-0.3, -0.25) is 13.9 Å². The Bertz CT molecular complexity index is 1320. The van der Waals surface area contributed by atoms with E-state index in [1.165, 1.54) is 4.90 Å². The second-order valence-electron chi connectivity index (χ2n) is 9.89. The van der Waals surface area contributed by atoms with E-state index in [1.807, 2.05) is 107 Å². The Labute approximate surface area is 226 Å². The van der Waals surface area contributed by atoms with Crippen molar-refractivity contribution in [2.75, 3.05) is 17.1 Å². The monoisotopic (exact) mass is 535 g/mol. The second-order valence-corrected chi connectivity index (χ2v) is 11.8. The molecule has 0 fully saturated rings. The fourth-order valence-corrected chi connectivity index (χ4v) is 5.45. The Morgan fingerprint density at radius 2 is 1.34 bits per heavy atom. The smallest absolute Gasteiger partial charge is 0.244 e. The lowest BCUT2D eigenvalue weighted by atomic mass is 10.0. The Morgan fingerprint density at radius 3 is 1.84 bits per heavy atom. The number of sulfonamides is 1. The number of amides is 2. The van der Waals surface area contributed by atoms with Gasteiger partial charge in [0, 0.05) is 19.0 Å².